The molecule has 2 unspecified atom stereocenters. The van der Waals surface area contributed by atoms with Crippen LogP contribution in [0.3, 0.4) is 0 Å². The summed E-state index contributed by atoms with van der Waals surface area (Å²) in [7, 11) is 0. The van der Waals surface area contributed by atoms with Crippen molar-refractivity contribution in [3.05, 3.63) is 0 Å². The van der Waals surface area contributed by atoms with E-state index < -0.39 is 23.7 Å². The maximum absolute atomic E-state index is 12.8. The number of hydrogen-bond donors (Lipinski definition) is 1. The van der Waals surface area contributed by atoms with E-state index in [1.165, 1.54) is 0 Å². The summed E-state index contributed by atoms with van der Waals surface area (Å²) in [4.78, 5) is 1.80. The molecule has 100 valence electrons. The number of likely N-dealkylation sites (tertiary alicyclic amines) is 1. The van der Waals surface area contributed by atoms with Crippen LogP contribution in [0.2, 0.25) is 0 Å². The van der Waals surface area contributed by atoms with Crippen LogP contribution >= 0.6 is 0 Å². The van der Waals surface area contributed by atoms with E-state index in [0.717, 1.165) is 12.8 Å². The maximum atomic E-state index is 12.8. The first-order chi connectivity index (χ1) is 7.73. The van der Waals surface area contributed by atoms with Gasteiger partial charge in [-0.2, -0.15) is 13.2 Å². The lowest BCUT2D eigenvalue weighted by atomic mass is 9.87. The summed E-state index contributed by atoms with van der Waals surface area (Å²) in [5, 5.41) is 9.85. The van der Waals surface area contributed by atoms with Gasteiger partial charge in [0.2, 0.25) is 0 Å². The summed E-state index contributed by atoms with van der Waals surface area (Å²) in [6.45, 7) is 4.08. The highest BCUT2D eigenvalue weighted by Gasteiger charge is 2.55. The minimum Gasteiger partial charge on any atom is -0.392 e. The minimum absolute atomic E-state index is 0.147. The van der Waals surface area contributed by atoms with Crippen molar-refractivity contribution in [2.24, 2.45) is 11.8 Å². The van der Waals surface area contributed by atoms with Crippen LogP contribution in [0, 0.1) is 11.8 Å². The molecule has 0 amide bonds. The van der Waals surface area contributed by atoms with Gasteiger partial charge in [-0.15, -0.1) is 0 Å². The summed E-state index contributed by atoms with van der Waals surface area (Å²) in [6.07, 6.45) is -2.42. The number of rotatable bonds is 3. The smallest absolute Gasteiger partial charge is 0.392 e. The molecule has 1 saturated heterocycles. The Labute approximate surface area is 99.8 Å². The molecule has 2 fully saturated rings. The van der Waals surface area contributed by atoms with Gasteiger partial charge in [0.05, 0.1) is 12.0 Å². The predicted octanol–water partition coefficient (Wildman–Crippen LogP) is 2.42. The standard InChI is InChI=1S/C12H20F3NO/c1-11(2)10(12(13,14)15)5-6-16(11)7-9(17)8-3-4-8/h8-10,17H,3-7H2,1-2H3. The van der Waals surface area contributed by atoms with Crippen molar-refractivity contribution in [2.75, 3.05) is 13.1 Å². The highest BCUT2D eigenvalue weighted by Crippen LogP contribution is 2.45. The molecule has 1 N–H and O–H groups in total. The van der Waals surface area contributed by atoms with Crippen molar-refractivity contribution >= 4 is 0 Å². The number of β-amino-alcohol motifs (C(OH)–C–C–N with tert-alkyl or cyclic N) is 1. The number of nitrogens with zero attached hydrogens (tertiary/aromatic N) is 1. The van der Waals surface area contributed by atoms with Crippen LogP contribution in [0.5, 0.6) is 0 Å². The Morgan fingerprint density at radius 1 is 1.29 bits per heavy atom. The van der Waals surface area contributed by atoms with E-state index in [2.05, 4.69) is 0 Å². The molecule has 17 heavy (non-hydrogen) atoms. The minimum atomic E-state index is -4.14. The van der Waals surface area contributed by atoms with E-state index in [0.29, 0.717) is 19.0 Å². The number of aliphatic hydroxyl groups excluding tert-OH is 1. The fourth-order valence-electron chi connectivity index (χ4n) is 2.89. The van der Waals surface area contributed by atoms with E-state index in [9.17, 15) is 18.3 Å². The summed E-state index contributed by atoms with van der Waals surface area (Å²) < 4.78 is 38.5. The lowest BCUT2D eigenvalue weighted by Gasteiger charge is -2.37. The van der Waals surface area contributed by atoms with Crippen LogP contribution < -0.4 is 0 Å². The molecule has 1 aliphatic carbocycles. The van der Waals surface area contributed by atoms with Crippen LogP contribution in [-0.4, -0.2) is 40.9 Å². The van der Waals surface area contributed by atoms with Gasteiger partial charge in [-0.3, -0.25) is 4.90 Å². The Balaban J connectivity index is 2.00. The van der Waals surface area contributed by atoms with Gasteiger partial charge in [-0.25, -0.2) is 0 Å². The van der Waals surface area contributed by atoms with Gasteiger partial charge in [0.25, 0.3) is 0 Å². The van der Waals surface area contributed by atoms with Crippen LogP contribution in [0.1, 0.15) is 33.1 Å². The first kappa shape index (κ1) is 13.1. The number of halogens is 3. The van der Waals surface area contributed by atoms with Crippen molar-refractivity contribution in [2.45, 2.75) is 50.9 Å². The molecule has 2 aliphatic rings. The van der Waals surface area contributed by atoms with E-state index in [1.807, 2.05) is 0 Å². The Morgan fingerprint density at radius 3 is 2.29 bits per heavy atom. The predicted molar refractivity (Wildman–Crippen MR) is 58.5 cm³/mol. The van der Waals surface area contributed by atoms with Gasteiger partial charge in [-0.05, 0) is 45.6 Å². The molecule has 2 rings (SSSR count). The van der Waals surface area contributed by atoms with E-state index in [-0.39, 0.29) is 6.42 Å². The lowest BCUT2D eigenvalue weighted by Crippen LogP contribution is -2.49. The molecule has 0 bridgehead atoms. The van der Waals surface area contributed by atoms with Gasteiger partial charge >= 0.3 is 6.18 Å². The summed E-state index contributed by atoms with van der Waals surface area (Å²) >= 11 is 0. The van der Waals surface area contributed by atoms with Gasteiger partial charge < -0.3 is 5.11 Å². The average Bonchev–Trinajstić information content (AvgIpc) is 2.92. The Morgan fingerprint density at radius 2 is 1.88 bits per heavy atom. The third-order valence-corrected chi connectivity index (χ3v) is 4.32. The molecule has 0 radical (unpaired) electrons. The number of hydrogen-bond acceptors (Lipinski definition) is 2. The molecule has 2 nitrogen and oxygen atoms in total. The molecular formula is C12H20F3NO. The molecule has 0 aromatic carbocycles. The Hall–Kier alpha value is -0.290. The molecule has 1 aliphatic heterocycles. The van der Waals surface area contributed by atoms with Gasteiger partial charge in [0.15, 0.2) is 0 Å². The van der Waals surface area contributed by atoms with Crippen molar-refractivity contribution < 1.29 is 18.3 Å². The molecule has 1 saturated carbocycles. The molecule has 2 atom stereocenters. The Kier molecular flexibility index (Phi) is 3.19. The van der Waals surface area contributed by atoms with Gasteiger partial charge in [-0.1, -0.05) is 0 Å². The van der Waals surface area contributed by atoms with E-state index >= 15 is 0 Å². The van der Waals surface area contributed by atoms with E-state index in [4.69, 9.17) is 0 Å². The zero-order valence-electron chi connectivity index (χ0n) is 10.3. The molecule has 0 aromatic heterocycles. The van der Waals surface area contributed by atoms with Crippen LogP contribution in [0.4, 0.5) is 13.2 Å². The second kappa shape index (κ2) is 4.12. The fraction of sp³-hybridized carbons (Fsp3) is 1.00. The molecular weight excluding hydrogens is 231 g/mol. The van der Waals surface area contributed by atoms with Crippen molar-refractivity contribution in [1.29, 1.82) is 0 Å². The van der Waals surface area contributed by atoms with Crippen LogP contribution in [-0.2, 0) is 0 Å². The fourth-order valence-corrected chi connectivity index (χ4v) is 2.89. The third kappa shape index (κ3) is 2.60. The number of aliphatic hydroxyl groups is 1. The lowest BCUT2D eigenvalue weighted by molar-refractivity contribution is -0.192. The first-order valence-corrected chi connectivity index (χ1v) is 6.22. The first-order valence-electron chi connectivity index (χ1n) is 6.22. The largest absolute Gasteiger partial charge is 0.393 e. The quantitative estimate of drug-likeness (QED) is 0.832. The molecule has 0 aromatic rings. The highest BCUT2D eigenvalue weighted by atomic mass is 19.4. The SMILES string of the molecule is CC1(C)C(C(F)(F)F)CCN1CC(O)C1CC1. The zero-order valence-corrected chi connectivity index (χ0v) is 10.3. The molecule has 5 heteroatoms. The van der Waals surface area contributed by atoms with Crippen LogP contribution in [0.25, 0.3) is 0 Å². The summed E-state index contributed by atoms with van der Waals surface area (Å²) in [6, 6.07) is 0. The van der Waals surface area contributed by atoms with Gasteiger partial charge in [0, 0.05) is 12.1 Å². The molecule has 1 heterocycles. The van der Waals surface area contributed by atoms with E-state index in [1.54, 1.807) is 18.7 Å². The second-order valence-electron chi connectivity index (χ2n) is 5.89. The topological polar surface area (TPSA) is 23.5 Å². The molecule has 0 spiro atoms. The maximum Gasteiger partial charge on any atom is 0.393 e. The summed E-state index contributed by atoms with van der Waals surface area (Å²) in [5.74, 6) is -0.961. The average molecular weight is 251 g/mol. The van der Waals surface area contributed by atoms with Crippen molar-refractivity contribution in [3.63, 3.8) is 0 Å². The van der Waals surface area contributed by atoms with Crippen molar-refractivity contribution in [3.8, 4) is 0 Å². The zero-order chi connectivity index (χ0) is 12.8. The van der Waals surface area contributed by atoms with Crippen molar-refractivity contribution in [1.82, 2.24) is 4.90 Å². The Bertz CT molecular complexity index is 286. The monoisotopic (exact) mass is 251 g/mol. The van der Waals surface area contributed by atoms with Gasteiger partial charge in [0.1, 0.15) is 0 Å². The number of alkyl halides is 3. The summed E-state index contributed by atoms with van der Waals surface area (Å²) in [5.41, 5.74) is -0.895. The highest BCUT2D eigenvalue weighted by molar-refractivity contribution is 4.99. The normalized spacial score (nSPS) is 31.8. The second-order valence-corrected chi connectivity index (χ2v) is 5.89. The van der Waals surface area contributed by atoms with Crippen LogP contribution in [0.15, 0.2) is 0 Å². The third-order valence-electron chi connectivity index (χ3n) is 4.32.